The molecule has 6 nitrogen and oxygen atoms in total. The third kappa shape index (κ3) is 2.98. The van der Waals surface area contributed by atoms with E-state index in [-0.39, 0.29) is 0 Å². The molecule has 2 aromatic heterocycles. The molecule has 0 saturated carbocycles. The van der Waals surface area contributed by atoms with Crippen molar-refractivity contribution in [2.75, 3.05) is 37.6 Å². The Balaban J connectivity index is 1.39. The zero-order valence-electron chi connectivity index (χ0n) is 13.5. The molecular weight excluding hydrogens is 302 g/mol. The van der Waals surface area contributed by atoms with Crippen LogP contribution >= 0.6 is 0 Å². The first kappa shape index (κ1) is 15.1. The van der Waals surface area contributed by atoms with Gasteiger partial charge in [-0.15, -0.1) is 0 Å². The fourth-order valence-electron chi connectivity index (χ4n) is 3.28. The van der Waals surface area contributed by atoms with Crippen molar-refractivity contribution in [2.24, 2.45) is 0 Å². The van der Waals surface area contributed by atoms with Crippen molar-refractivity contribution in [3.63, 3.8) is 0 Å². The van der Waals surface area contributed by atoms with Crippen molar-refractivity contribution in [1.82, 2.24) is 19.9 Å². The number of rotatable bonds is 4. The lowest BCUT2D eigenvalue weighted by Crippen LogP contribution is -2.47. The number of aromatic amines is 1. The highest BCUT2D eigenvalue weighted by Crippen LogP contribution is 2.23. The number of nitrogens with zero attached hydrogens (tertiary/aromatic N) is 4. The average molecular weight is 323 g/mol. The van der Waals surface area contributed by atoms with E-state index in [1.165, 1.54) is 0 Å². The Morgan fingerprint density at radius 2 is 1.83 bits per heavy atom. The fourth-order valence-corrected chi connectivity index (χ4v) is 3.28. The van der Waals surface area contributed by atoms with Gasteiger partial charge in [-0.3, -0.25) is 4.90 Å². The average Bonchev–Trinajstić information content (AvgIpc) is 3.12. The van der Waals surface area contributed by atoms with Crippen LogP contribution in [0.3, 0.4) is 0 Å². The summed E-state index contributed by atoms with van der Waals surface area (Å²) in [6.07, 6.45) is 3.07. The van der Waals surface area contributed by atoms with Gasteiger partial charge in [-0.25, -0.2) is 9.97 Å². The summed E-state index contributed by atoms with van der Waals surface area (Å²) in [7, 11) is 0. The summed E-state index contributed by atoms with van der Waals surface area (Å²) in [5, 5.41) is 11.5. The summed E-state index contributed by atoms with van der Waals surface area (Å²) in [5.41, 5.74) is 1.85. The molecule has 124 valence electrons. The summed E-state index contributed by atoms with van der Waals surface area (Å²) in [4.78, 5) is 16.4. The van der Waals surface area contributed by atoms with Gasteiger partial charge in [0.05, 0.1) is 11.5 Å². The van der Waals surface area contributed by atoms with Crippen molar-refractivity contribution >= 4 is 16.9 Å². The summed E-state index contributed by atoms with van der Waals surface area (Å²) < 4.78 is 0. The van der Waals surface area contributed by atoms with Crippen LogP contribution in [0, 0.1) is 0 Å². The minimum atomic E-state index is -0.437. The van der Waals surface area contributed by atoms with Crippen LogP contribution < -0.4 is 4.90 Å². The van der Waals surface area contributed by atoms with E-state index < -0.39 is 6.10 Å². The Kier molecular flexibility index (Phi) is 4.15. The number of piperazine rings is 1. The van der Waals surface area contributed by atoms with E-state index >= 15 is 0 Å². The molecule has 2 N–H and O–H groups in total. The van der Waals surface area contributed by atoms with Gasteiger partial charge in [0.15, 0.2) is 0 Å². The van der Waals surface area contributed by atoms with E-state index in [1.54, 1.807) is 6.33 Å². The lowest BCUT2D eigenvalue weighted by molar-refractivity contribution is 0.109. The fraction of sp³-hybridized carbons (Fsp3) is 0.333. The van der Waals surface area contributed by atoms with Crippen molar-refractivity contribution in [3.05, 3.63) is 54.5 Å². The molecule has 1 aromatic carbocycles. The number of aromatic nitrogens is 3. The lowest BCUT2D eigenvalue weighted by Gasteiger charge is -2.36. The Bertz CT molecular complexity index is 795. The number of fused-ring (bicyclic) bond motifs is 1. The molecule has 1 aliphatic rings. The summed E-state index contributed by atoms with van der Waals surface area (Å²) in [5.74, 6) is 0.990. The molecule has 0 bridgehead atoms. The molecule has 1 fully saturated rings. The highest BCUT2D eigenvalue weighted by molar-refractivity contribution is 5.87. The summed E-state index contributed by atoms with van der Waals surface area (Å²) in [6.45, 7) is 4.30. The largest absolute Gasteiger partial charge is 0.387 e. The normalized spacial score (nSPS) is 17.3. The van der Waals surface area contributed by atoms with E-state index in [4.69, 9.17) is 0 Å². The number of β-amino-alcohol motifs (C(OH)–C–C–N with tert-alkyl or cyclic N) is 1. The van der Waals surface area contributed by atoms with E-state index in [9.17, 15) is 5.11 Å². The van der Waals surface area contributed by atoms with Crippen LogP contribution in [0.5, 0.6) is 0 Å². The van der Waals surface area contributed by atoms with Crippen LogP contribution in [0.4, 0.5) is 5.82 Å². The maximum absolute atomic E-state index is 10.4. The Morgan fingerprint density at radius 3 is 2.62 bits per heavy atom. The number of aliphatic hydroxyl groups excluding tert-OH is 1. The Morgan fingerprint density at radius 1 is 1.04 bits per heavy atom. The standard InChI is InChI=1S/C18H21N5O/c24-16(14-4-2-1-3-5-14)12-22-8-10-23(11-9-22)18-15-6-7-19-17(15)20-13-21-18/h1-7,13,16,24H,8-12H2,(H,19,20,21)/t16-/m1/s1. The van der Waals surface area contributed by atoms with Crippen LogP contribution in [0.15, 0.2) is 48.9 Å². The van der Waals surface area contributed by atoms with Gasteiger partial charge >= 0.3 is 0 Å². The monoisotopic (exact) mass is 323 g/mol. The third-order valence-electron chi connectivity index (χ3n) is 4.62. The molecule has 3 heterocycles. The zero-order valence-corrected chi connectivity index (χ0v) is 13.5. The molecule has 0 amide bonds. The first-order valence-corrected chi connectivity index (χ1v) is 8.29. The van der Waals surface area contributed by atoms with Crippen molar-refractivity contribution < 1.29 is 5.11 Å². The van der Waals surface area contributed by atoms with E-state index in [2.05, 4.69) is 24.8 Å². The van der Waals surface area contributed by atoms with E-state index in [1.807, 2.05) is 42.6 Å². The highest BCUT2D eigenvalue weighted by atomic mass is 16.3. The number of aliphatic hydroxyl groups is 1. The van der Waals surface area contributed by atoms with Gasteiger partial charge in [0.1, 0.15) is 17.8 Å². The first-order valence-electron chi connectivity index (χ1n) is 8.29. The lowest BCUT2D eigenvalue weighted by atomic mass is 10.1. The van der Waals surface area contributed by atoms with Crippen molar-refractivity contribution in [3.8, 4) is 0 Å². The number of benzene rings is 1. The van der Waals surface area contributed by atoms with Gasteiger partial charge in [-0.2, -0.15) is 0 Å². The number of nitrogens with one attached hydrogen (secondary N) is 1. The van der Waals surface area contributed by atoms with Crippen LogP contribution in [0.2, 0.25) is 0 Å². The topological polar surface area (TPSA) is 68.3 Å². The second kappa shape index (κ2) is 6.59. The van der Waals surface area contributed by atoms with Crippen LogP contribution in [-0.4, -0.2) is 57.7 Å². The van der Waals surface area contributed by atoms with Crippen LogP contribution in [0.25, 0.3) is 11.0 Å². The van der Waals surface area contributed by atoms with Crippen LogP contribution in [0.1, 0.15) is 11.7 Å². The SMILES string of the molecule is O[C@H](CN1CCN(c2ncnc3[nH]ccc23)CC1)c1ccccc1. The first-order chi connectivity index (χ1) is 11.8. The Hall–Kier alpha value is -2.44. The summed E-state index contributed by atoms with van der Waals surface area (Å²) >= 11 is 0. The number of hydrogen-bond donors (Lipinski definition) is 2. The van der Waals surface area contributed by atoms with E-state index in [0.29, 0.717) is 6.54 Å². The molecule has 24 heavy (non-hydrogen) atoms. The third-order valence-corrected chi connectivity index (χ3v) is 4.62. The van der Waals surface area contributed by atoms with Gasteiger partial charge in [0.25, 0.3) is 0 Å². The molecule has 1 atom stereocenters. The molecule has 1 aliphatic heterocycles. The summed E-state index contributed by atoms with van der Waals surface area (Å²) in [6, 6.07) is 11.9. The van der Waals surface area contributed by atoms with E-state index in [0.717, 1.165) is 48.6 Å². The second-order valence-corrected chi connectivity index (χ2v) is 6.15. The van der Waals surface area contributed by atoms with Crippen LogP contribution in [-0.2, 0) is 0 Å². The van der Waals surface area contributed by atoms with Gasteiger partial charge < -0.3 is 15.0 Å². The molecule has 0 spiro atoms. The maximum atomic E-state index is 10.4. The molecule has 0 unspecified atom stereocenters. The predicted molar refractivity (Wildman–Crippen MR) is 93.9 cm³/mol. The molecule has 6 heteroatoms. The van der Waals surface area contributed by atoms with Gasteiger partial charge in [-0.1, -0.05) is 30.3 Å². The van der Waals surface area contributed by atoms with Gasteiger partial charge in [0, 0.05) is 38.9 Å². The second-order valence-electron chi connectivity index (χ2n) is 6.15. The van der Waals surface area contributed by atoms with Gasteiger partial charge in [-0.05, 0) is 11.6 Å². The smallest absolute Gasteiger partial charge is 0.142 e. The number of H-pyrrole nitrogens is 1. The van der Waals surface area contributed by atoms with Crippen molar-refractivity contribution in [2.45, 2.75) is 6.10 Å². The number of hydrogen-bond acceptors (Lipinski definition) is 5. The quantitative estimate of drug-likeness (QED) is 0.766. The Labute approximate surface area is 140 Å². The van der Waals surface area contributed by atoms with Crippen molar-refractivity contribution in [1.29, 1.82) is 0 Å². The molecule has 1 saturated heterocycles. The number of anilines is 1. The molecule has 3 aromatic rings. The minimum absolute atomic E-state index is 0.437. The minimum Gasteiger partial charge on any atom is -0.387 e. The molecule has 0 radical (unpaired) electrons. The molecule has 4 rings (SSSR count). The molecule has 0 aliphatic carbocycles. The maximum Gasteiger partial charge on any atom is 0.142 e. The highest BCUT2D eigenvalue weighted by Gasteiger charge is 2.22. The predicted octanol–water partition coefficient (Wildman–Crippen LogP) is 1.81. The zero-order chi connectivity index (χ0) is 16.4. The molecular formula is C18H21N5O. The van der Waals surface area contributed by atoms with Gasteiger partial charge in [0.2, 0.25) is 0 Å².